The number of carbonyl (C=O) groups excluding carboxylic acids is 2. The predicted molar refractivity (Wildman–Crippen MR) is 139 cm³/mol. The number of nitrogens with zero attached hydrogens (tertiary/aromatic N) is 2. The number of amides is 2. The highest BCUT2D eigenvalue weighted by molar-refractivity contribution is 7.80. The van der Waals surface area contributed by atoms with E-state index in [1.54, 1.807) is 7.05 Å². The Morgan fingerprint density at radius 2 is 1.54 bits per heavy atom. The maximum absolute atomic E-state index is 12.8. The Morgan fingerprint density at radius 3 is 2.26 bits per heavy atom. The average Bonchev–Trinajstić information content (AvgIpc) is 3.25. The van der Waals surface area contributed by atoms with Crippen molar-refractivity contribution in [2.45, 2.75) is 38.5 Å². The van der Waals surface area contributed by atoms with Crippen LogP contribution in [0.4, 0.5) is 17.3 Å². The molecule has 7 heteroatoms. The molecule has 0 atom stereocenters. The Labute approximate surface area is 209 Å². The number of hydrogen-bond acceptors (Lipinski definition) is 5. The molecule has 6 nitrogen and oxygen atoms in total. The zero-order valence-electron chi connectivity index (χ0n) is 20.2. The van der Waals surface area contributed by atoms with Crippen LogP contribution >= 0.6 is 12.2 Å². The lowest BCUT2D eigenvalue weighted by Crippen LogP contribution is -2.52. The molecule has 0 spiro atoms. The summed E-state index contributed by atoms with van der Waals surface area (Å²) in [6, 6.07) is 16.8. The lowest BCUT2D eigenvalue weighted by atomic mass is 9.67. The van der Waals surface area contributed by atoms with Crippen molar-refractivity contribution in [3.05, 3.63) is 82.1 Å². The van der Waals surface area contributed by atoms with Crippen LogP contribution in [0.25, 0.3) is 6.08 Å². The Bertz CT molecular complexity index is 1510. The number of thiocarbonyl (C=S) groups is 1. The van der Waals surface area contributed by atoms with Crippen LogP contribution < -0.4 is 10.2 Å². The minimum atomic E-state index is -0.526. The van der Waals surface area contributed by atoms with E-state index in [2.05, 4.69) is 74.3 Å². The van der Waals surface area contributed by atoms with Gasteiger partial charge in [-0.3, -0.25) is 24.7 Å². The summed E-state index contributed by atoms with van der Waals surface area (Å²) in [4.78, 5) is 28.8. The van der Waals surface area contributed by atoms with Crippen molar-refractivity contribution in [1.82, 2.24) is 10.2 Å². The monoisotopic (exact) mass is 483 g/mol. The molecule has 3 aliphatic rings. The fourth-order valence-electron chi connectivity index (χ4n) is 5.58. The van der Waals surface area contributed by atoms with Gasteiger partial charge in [0.05, 0.1) is 11.4 Å². The number of fused-ring (bicyclic) bond motifs is 4. The van der Waals surface area contributed by atoms with Crippen molar-refractivity contribution in [3.63, 3.8) is 0 Å². The third-order valence-corrected chi connectivity index (χ3v) is 8.00. The van der Waals surface area contributed by atoms with Crippen LogP contribution in [-0.4, -0.2) is 28.9 Å². The van der Waals surface area contributed by atoms with Gasteiger partial charge in [-0.05, 0) is 47.1 Å². The van der Waals surface area contributed by atoms with E-state index in [0.717, 1.165) is 16.9 Å². The molecule has 3 aromatic rings. The van der Waals surface area contributed by atoms with Gasteiger partial charge in [0.2, 0.25) is 5.88 Å². The maximum Gasteiger partial charge on any atom is 0.265 e. The number of carbonyl (C=O) groups is 2. The normalized spacial score (nSPS) is 20.4. The molecule has 0 aliphatic carbocycles. The molecule has 4 heterocycles. The molecule has 0 radical (unpaired) electrons. The molecule has 2 aromatic carbocycles. The Morgan fingerprint density at radius 1 is 0.914 bits per heavy atom. The molecule has 1 N–H and O–H groups in total. The molecule has 2 amide bonds. The first-order valence-electron chi connectivity index (χ1n) is 11.6. The summed E-state index contributed by atoms with van der Waals surface area (Å²) in [5.41, 5.74) is 6.32. The second-order valence-electron chi connectivity index (χ2n) is 10.4. The lowest BCUT2D eigenvalue weighted by molar-refractivity contribution is -0.128. The van der Waals surface area contributed by atoms with Gasteiger partial charge in [0, 0.05) is 23.4 Å². The molecule has 1 fully saturated rings. The minimum absolute atomic E-state index is 0.0108. The molecule has 1 saturated heterocycles. The highest BCUT2D eigenvalue weighted by Gasteiger charge is 2.47. The van der Waals surface area contributed by atoms with Gasteiger partial charge in [-0.25, -0.2) is 0 Å². The van der Waals surface area contributed by atoms with E-state index < -0.39 is 11.8 Å². The van der Waals surface area contributed by atoms with Crippen LogP contribution in [0.15, 0.2) is 58.5 Å². The standard InChI is InChI=1S/C28H25N3O3S/c1-27(2)17-9-6-7-12-21(17)31-22-18(27)10-8-11-19(22)28(3,4)20-14-15(34-25(20)31)13-16-23(32)29-26(35)30(5)24(16)33/h6-14H,1-5H3,(H,29,32,35)/b16-13-. The fourth-order valence-corrected chi connectivity index (χ4v) is 5.76. The number of nitrogens with one attached hydrogen (secondary N) is 1. The van der Waals surface area contributed by atoms with Gasteiger partial charge in [0.15, 0.2) is 5.11 Å². The number of benzene rings is 2. The number of para-hydroxylation sites is 2. The third kappa shape index (κ3) is 2.79. The highest BCUT2D eigenvalue weighted by Crippen LogP contribution is 2.60. The fraction of sp³-hybridized carbons (Fsp3) is 0.250. The molecule has 0 saturated carbocycles. The Hall–Kier alpha value is -3.71. The molecular weight excluding hydrogens is 458 g/mol. The summed E-state index contributed by atoms with van der Waals surface area (Å²) in [5, 5.41) is 2.65. The van der Waals surface area contributed by atoms with Crippen LogP contribution in [0.1, 0.15) is 55.7 Å². The van der Waals surface area contributed by atoms with Gasteiger partial charge in [0.25, 0.3) is 11.8 Å². The van der Waals surface area contributed by atoms with Gasteiger partial charge in [-0.1, -0.05) is 64.1 Å². The topological polar surface area (TPSA) is 65.8 Å². The van der Waals surface area contributed by atoms with Crippen LogP contribution in [-0.2, 0) is 20.4 Å². The second kappa shape index (κ2) is 6.92. The summed E-state index contributed by atoms with van der Waals surface area (Å²) < 4.78 is 6.44. The van der Waals surface area contributed by atoms with E-state index in [9.17, 15) is 9.59 Å². The lowest BCUT2D eigenvalue weighted by Gasteiger charge is -2.47. The molecule has 0 bridgehead atoms. The zero-order valence-corrected chi connectivity index (χ0v) is 21.0. The Balaban J connectivity index is 1.59. The second-order valence-corrected chi connectivity index (χ2v) is 10.7. The van der Waals surface area contributed by atoms with Crippen molar-refractivity contribution in [2.24, 2.45) is 0 Å². The summed E-state index contributed by atoms with van der Waals surface area (Å²) in [5.74, 6) is 0.169. The minimum Gasteiger partial charge on any atom is -0.440 e. The molecule has 35 heavy (non-hydrogen) atoms. The summed E-state index contributed by atoms with van der Waals surface area (Å²) in [6.45, 7) is 8.88. The first kappa shape index (κ1) is 21.8. The van der Waals surface area contributed by atoms with Gasteiger partial charge >= 0.3 is 0 Å². The maximum atomic E-state index is 12.8. The molecule has 0 unspecified atom stereocenters. The third-order valence-electron chi connectivity index (χ3n) is 7.62. The van der Waals surface area contributed by atoms with Crippen LogP contribution in [0.2, 0.25) is 0 Å². The summed E-state index contributed by atoms with van der Waals surface area (Å²) >= 11 is 5.06. The van der Waals surface area contributed by atoms with Crippen molar-refractivity contribution in [2.75, 3.05) is 11.9 Å². The zero-order chi connectivity index (χ0) is 24.9. The van der Waals surface area contributed by atoms with Gasteiger partial charge in [0.1, 0.15) is 11.3 Å². The SMILES string of the molecule is CN1C(=O)/C(=C\c2cc3c(o2)N2c4ccccc4C(C)(C)c4cccc(c42)C3(C)C)C(=O)NC1=S. The quantitative estimate of drug-likeness (QED) is 0.290. The highest BCUT2D eigenvalue weighted by atomic mass is 32.1. The number of hydrogen-bond donors (Lipinski definition) is 1. The molecule has 1 aromatic heterocycles. The summed E-state index contributed by atoms with van der Waals surface area (Å²) in [7, 11) is 1.54. The number of likely N-dealkylation sites (N-methyl/N-ethyl adjacent to an activating group) is 1. The van der Waals surface area contributed by atoms with Gasteiger partial charge in [-0.2, -0.15) is 0 Å². The average molecular weight is 484 g/mol. The van der Waals surface area contributed by atoms with Crippen molar-refractivity contribution in [1.29, 1.82) is 0 Å². The number of anilines is 3. The van der Waals surface area contributed by atoms with E-state index in [4.69, 9.17) is 16.6 Å². The summed E-state index contributed by atoms with van der Waals surface area (Å²) in [6.07, 6.45) is 1.51. The van der Waals surface area contributed by atoms with Crippen LogP contribution in [0.3, 0.4) is 0 Å². The first-order valence-corrected chi connectivity index (χ1v) is 12.0. The number of furan rings is 1. The van der Waals surface area contributed by atoms with E-state index in [-0.39, 0.29) is 21.5 Å². The Kier molecular flexibility index (Phi) is 4.31. The van der Waals surface area contributed by atoms with E-state index in [1.807, 2.05) is 12.1 Å². The largest absolute Gasteiger partial charge is 0.440 e. The van der Waals surface area contributed by atoms with E-state index in [0.29, 0.717) is 11.6 Å². The first-order chi connectivity index (χ1) is 16.5. The van der Waals surface area contributed by atoms with Crippen LogP contribution in [0, 0.1) is 0 Å². The van der Waals surface area contributed by atoms with Crippen molar-refractivity contribution >= 4 is 52.5 Å². The van der Waals surface area contributed by atoms with Crippen molar-refractivity contribution < 1.29 is 14.0 Å². The van der Waals surface area contributed by atoms with Crippen LogP contribution in [0.5, 0.6) is 0 Å². The molecule has 6 rings (SSSR count). The van der Waals surface area contributed by atoms with Crippen molar-refractivity contribution in [3.8, 4) is 0 Å². The molecule has 3 aliphatic heterocycles. The van der Waals surface area contributed by atoms with Gasteiger partial charge < -0.3 is 4.42 Å². The van der Waals surface area contributed by atoms with E-state index in [1.165, 1.54) is 27.7 Å². The molecule has 176 valence electrons. The van der Waals surface area contributed by atoms with Gasteiger partial charge in [-0.15, -0.1) is 0 Å². The molecular formula is C28H25N3O3S. The number of rotatable bonds is 1. The van der Waals surface area contributed by atoms with E-state index >= 15 is 0 Å². The predicted octanol–water partition coefficient (Wildman–Crippen LogP) is 5.28. The smallest absolute Gasteiger partial charge is 0.265 e.